The lowest BCUT2D eigenvalue weighted by Gasteiger charge is -2.16. The summed E-state index contributed by atoms with van der Waals surface area (Å²) in [5.74, 6) is -0.152. The van der Waals surface area contributed by atoms with Gasteiger partial charge in [0, 0.05) is 19.6 Å². The molecule has 0 aromatic heterocycles. The third kappa shape index (κ3) is 30.0. The predicted octanol–water partition coefficient (Wildman–Crippen LogP) is 8.85. The molecule has 224 valence electrons. The van der Waals surface area contributed by atoms with Crippen molar-refractivity contribution in [2.75, 3.05) is 26.6 Å². The molecule has 0 unspecified atom stereocenters. The zero-order chi connectivity index (χ0) is 27.8. The van der Waals surface area contributed by atoms with Crippen molar-refractivity contribution >= 4 is 13.8 Å². The fraction of sp³-hybridized carbons (Fsp3) is 0.969. The largest absolute Gasteiger partial charge is 0.463 e. The SMILES string of the molecule is [B]C[C@@H](COC(=O)CCCCCCCCCCCCCCC)OCOCCCCCCCCCCCCO. The Morgan fingerprint density at radius 3 is 1.58 bits per heavy atom. The number of esters is 1. The van der Waals surface area contributed by atoms with E-state index in [1.54, 1.807) is 0 Å². The summed E-state index contributed by atoms with van der Waals surface area (Å²) in [5.41, 5.74) is 0. The highest BCUT2D eigenvalue weighted by Gasteiger charge is 2.10. The first-order valence-corrected chi connectivity index (χ1v) is 16.4. The van der Waals surface area contributed by atoms with Crippen LogP contribution in [0.15, 0.2) is 0 Å². The van der Waals surface area contributed by atoms with Gasteiger partial charge in [0.25, 0.3) is 0 Å². The number of aliphatic hydroxyl groups excluding tert-OH is 1. The van der Waals surface area contributed by atoms with E-state index in [1.807, 2.05) is 0 Å². The molecule has 0 heterocycles. The molecule has 0 fully saturated rings. The maximum atomic E-state index is 12.0. The molecule has 0 amide bonds. The zero-order valence-corrected chi connectivity index (χ0v) is 25.2. The number of aliphatic hydroxyl groups is 1. The summed E-state index contributed by atoms with van der Waals surface area (Å²) < 4.78 is 16.6. The van der Waals surface area contributed by atoms with Crippen LogP contribution in [0, 0.1) is 0 Å². The quantitative estimate of drug-likeness (QED) is 0.0401. The molecule has 0 aromatic carbocycles. The molecule has 0 saturated heterocycles. The highest BCUT2D eigenvalue weighted by molar-refractivity contribution is 6.08. The van der Waals surface area contributed by atoms with Crippen LogP contribution in [0.3, 0.4) is 0 Å². The van der Waals surface area contributed by atoms with Gasteiger partial charge in [-0.25, -0.2) is 0 Å². The normalized spacial score (nSPS) is 12.2. The molecule has 0 aliphatic heterocycles. The van der Waals surface area contributed by atoms with Gasteiger partial charge in [0.2, 0.25) is 0 Å². The van der Waals surface area contributed by atoms with Gasteiger partial charge in [0.1, 0.15) is 13.4 Å². The van der Waals surface area contributed by atoms with E-state index >= 15 is 0 Å². The van der Waals surface area contributed by atoms with Crippen LogP contribution >= 0.6 is 0 Å². The van der Waals surface area contributed by atoms with Crippen LogP contribution in [0.2, 0.25) is 6.32 Å². The summed E-state index contributed by atoms with van der Waals surface area (Å²) >= 11 is 0. The molecule has 38 heavy (non-hydrogen) atoms. The minimum absolute atomic E-state index is 0.152. The second kappa shape index (κ2) is 32.6. The van der Waals surface area contributed by atoms with Crippen LogP contribution < -0.4 is 0 Å². The van der Waals surface area contributed by atoms with E-state index < -0.39 is 0 Å². The minimum atomic E-state index is -0.303. The summed E-state index contributed by atoms with van der Waals surface area (Å²) in [7, 11) is 5.76. The summed E-state index contributed by atoms with van der Waals surface area (Å²) in [4.78, 5) is 12.0. The van der Waals surface area contributed by atoms with Crippen molar-refractivity contribution in [1.82, 2.24) is 0 Å². The molecular formula is C32H63BO5. The average Bonchev–Trinajstić information content (AvgIpc) is 2.93. The van der Waals surface area contributed by atoms with E-state index in [2.05, 4.69) is 6.92 Å². The molecule has 0 aliphatic rings. The van der Waals surface area contributed by atoms with E-state index in [0.29, 0.717) is 26.0 Å². The van der Waals surface area contributed by atoms with Gasteiger partial charge in [-0.1, -0.05) is 142 Å². The first kappa shape index (κ1) is 37.4. The molecule has 0 spiro atoms. The van der Waals surface area contributed by atoms with Crippen molar-refractivity contribution in [3.8, 4) is 0 Å². The van der Waals surface area contributed by atoms with Crippen LogP contribution in [-0.2, 0) is 19.0 Å². The molecule has 0 aromatic rings. The van der Waals surface area contributed by atoms with Crippen LogP contribution in [-0.4, -0.2) is 51.6 Å². The maximum absolute atomic E-state index is 12.0. The molecule has 0 rings (SSSR count). The van der Waals surface area contributed by atoms with Crippen LogP contribution in [0.25, 0.3) is 0 Å². The van der Waals surface area contributed by atoms with Crippen LogP contribution in [0.4, 0.5) is 0 Å². The Morgan fingerprint density at radius 2 is 1.11 bits per heavy atom. The van der Waals surface area contributed by atoms with Crippen molar-refractivity contribution < 1.29 is 24.1 Å². The molecule has 5 nitrogen and oxygen atoms in total. The summed E-state index contributed by atoms with van der Waals surface area (Å²) in [6.07, 6.45) is 29.4. The van der Waals surface area contributed by atoms with Gasteiger partial charge in [0.15, 0.2) is 0 Å². The van der Waals surface area contributed by atoms with Gasteiger partial charge >= 0.3 is 5.97 Å². The van der Waals surface area contributed by atoms with Crippen molar-refractivity contribution in [3.63, 3.8) is 0 Å². The van der Waals surface area contributed by atoms with Crippen LogP contribution in [0.1, 0.15) is 161 Å². The van der Waals surface area contributed by atoms with Crippen molar-refractivity contribution in [2.24, 2.45) is 0 Å². The van der Waals surface area contributed by atoms with E-state index in [0.717, 1.165) is 32.1 Å². The van der Waals surface area contributed by atoms with E-state index in [-0.39, 0.29) is 25.5 Å². The molecule has 0 aliphatic carbocycles. The zero-order valence-electron chi connectivity index (χ0n) is 25.2. The smallest absolute Gasteiger partial charge is 0.305 e. The molecule has 0 bridgehead atoms. The monoisotopic (exact) mass is 538 g/mol. The van der Waals surface area contributed by atoms with Crippen molar-refractivity contribution in [1.29, 1.82) is 0 Å². The lowest BCUT2D eigenvalue weighted by atomic mass is 10.00. The topological polar surface area (TPSA) is 65.0 Å². The summed E-state index contributed by atoms with van der Waals surface area (Å²) in [6, 6.07) is 0. The first-order chi connectivity index (χ1) is 18.7. The number of hydrogen-bond acceptors (Lipinski definition) is 5. The van der Waals surface area contributed by atoms with E-state index in [9.17, 15) is 4.79 Å². The fourth-order valence-corrected chi connectivity index (χ4v) is 4.66. The summed E-state index contributed by atoms with van der Waals surface area (Å²) in [5, 5.41) is 8.77. The number of unbranched alkanes of at least 4 members (excludes halogenated alkanes) is 21. The lowest BCUT2D eigenvalue weighted by molar-refractivity contribution is -0.152. The van der Waals surface area contributed by atoms with Gasteiger partial charge in [-0.3, -0.25) is 4.79 Å². The highest BCUT2D eigenvalue weighted by atomic mass is 16.7. The molecule has 1 atom stereocenters. The lowest BCUT2D eigenvalue weighted by Crippen LogP contribution is -2.23. The summed E-state index contributed by atoms with van der Waals surface area (Å²) in [6.45, 7) is 3.69. The third-order valence-corrected chi connectivity index (χ3v) is 7.26. The maximum Gasteiger partial charge on any atom is 0.305 e. The number of ether oxygens (including phenoxy) is 3. The minimum Gasteiger partial charge on any atom is -0.463 e. The third-order valence-electron chi connectivity index (χ3n) is 7.26. The standard InChI is InChI=1S/C32H63BO5/c1-2-3-4-5-6-7-8-9-10-13-16-19-22-25-32(35)37-29-31(28-33)38-30-36-27-24-21-18-15-12-11-14-17-20-23-26-34/h31,34H,2-30H2,1H3/t31-/m0/s1. The molecular weight excluding hydrogens is 475 g/mol. The van der Waals surface area contributed by atoms with Gasteiger partial charge in [-0.2, -0.15) is 0 Å². The molecule has 1 N–H and O–H groups in total. The Balaban J connectivity index is 3.39. The van der Waals surface area contributed by atoms with Crippen molar-refractivity contribution in [2.45, 2.75) is 173 Å². The predicted molar refractivity (Wildman–Crippen MR) is 161 cm³/mol. The number of carbonyl (C=O) groups excluding carboxylic acids is 1. The molecule has 2 radical (unpaired) electrons. The highest BCUT2D eigenvalue weighted by Crippen LogP contribution is 2.14. The Labute approximate surface area is 238 Å². The Hall–Kier alpha value is -0.585. The fourth-order valence-electron chi connectivity index (χ4n) is 4.66. The van der Waals surface area contributed by atoms with Gasteiger partial charge in [-0.05, 0) is 19.3 Å². The Bertz CT molecular complexity index is 463. The van der Waals surface area contributed by atoms with Gasteiger partial charge < -0.3 is 19.3 Å². The van der Waals surface area contributed by atoms with Gasteiger partial charge in [0.05, 0.1) is 14.0 Å². The number of rotatable bonds is 32. The Morgan fingerprint density at radius 1 is 0.658 bits per heavy atom. The van der Waals surface area contributed by atoms with E-state index in [1.165, 1.54) is 116 Å². The number of hydrogen-bond donors (Lipinski definition) is 1. The second-order valence-corrected chi connectivity index (χ2v) is 11.0. The van der Waals surface area contributed by atoms with Crippen LogP contribution in [0.5, 0.6) is 0 Å². The van der Waals surface area contributed by atoms with Gasteiger partial charge in [-0.15, -0.1) is 0 Å². The second-order valence-electron chi connectivity index (χ2n) is 11.0. The van der Waals surface area contributed by atoms with Crippen molar-refractivity contribution in [3.05, 3.63) is 0 Å². The van der Waals surface area contributed by atoms with E-state index in [4.69, 9.17) is 27.2 Å². The Kier molecular flexibility index (Phi) is 32.1. The molecule has 6 heteroatoms. The molecule has 0 saturated carbocycles. The first-order valence-electron chi connectivity index (χ1n) is 16.4. The number of carbonyl (C=O) groups is 1. The average molecular weight is 539 g/mol.